The molecule has 0 radical (unpaired) electrons. The SMILES string of the molecule is O=C(c1ccc([N+](=O)[O-])s1)N1CCN(C(=O)C2CC(F)(F)CN2)CC1. The molecule has 0 bridgehead atoms. The van der Waals surface area contributed by atoms with Gasteiger partial charge < -0.3 is 9.80 Å². The van der Waals surface area contributed by atoms with Crippen LogP contribution in [0, 0.1) is 10.1 Å². The van der Waals surface area contributed by atoms with E-state index in [2.05, 4.69) is 5.32 Å². The predicted octanol–water partition coefficient (Wildman–Crippen LogP) is 0.938. The van der Waals surface area contributed by atoms with Crippen LogP contribution in [-0.4, -0.2) is 71.2 Å². The number of rotatable bonds is 3. The summed E-state index contributed by atoms with van der Waals surface area (Å²) in [6, 6.07) is 1.80. The van der Waals surface area contributed by atoms with Gasteiger partial charge in [0.2, 0.25) is 5.91 Å². The number of hydrogen-bond donors (Lipinski definition) is 1. The molecule has 2 amide bonds. The molecular weight excluding hydrogens is 358 g/mol. The Morgan fingerprint density at radius 3 is 2.40 bits per heavy atom. The summed E-state index contributed by atoms with van der Waals surface area (Å²) in [7, 11) is 0. The second kappa shape index (κ2) is 6.64. The van der Waals surface area contributed by atoms with Gasteiger partial charge in [0.25, 0.3) is 11.8 Å². The molecule has 1 N–H and O–H groups in total. The van der Waals surface area contributed by atoms with Crippen molar-refractivity contribution in [2.45, 2.75) is 18.4 Å². The molecule has 3 rings (SSSR count). The highest BCUT2D eigenvalue weighted by molar-refractivity contribution is 7.17. The summed E-state index contributed by atoms with van der Waals surface area (Å²) in [6.07, 6.45) is -0.510. The van der Waals surface area contributed by atoms with Gasteiger partial charge in [0, 0.05) is 38.7 Å². The molecule has 2 aliphatic heterocycles. The van der Waals surface area contributed by atoms with Crippen molar-refractivity contribution in [1.29, 1.82) is 0 Å². The number of carbonyl (C=O) groups is 2. The van der Waals surface area contributed by atoms with Gasteiger partial charge in [-0.3, -0.25) is 25.0 Å². The minimum atomic E-state index is -2.87. The van der Waals surface area contributed by atoms with E-state index in [4.69, 9.17) is 0 Å². The Balaban J connectivity index is 1.55. The van der Waals surface area contributed by atoms with E-state index in [1.807, 2.05) is 0 Å². The van der Waals surface area contributed by atoms with Crippen molar-refractivity contribution in [3.63, 3.8) is 0 Å². The molecule has 1 aromatic heterocycles. The molecule has 11 heteroatoms. The minimum absolute atomic E-state index is 0.106. The first-order valence-corrected chi connectivity index (χ1v) is 8.52. The fraction of sp³-hybridized carbons (Fsp3) is 0.571. The molecule has 1 unspecified atom stereocenters. The third-order valence-electron chi connectivity index (χ3n) is 4.27. The number of piperazine rings is 1. The van der Waals surface area contributed by atoms with Crippen LogP contribution in [0.1, 0.15) is 16.1 Å². The van der Waals surface area contributed by atoms with E-state index in [1.165, 1.54) is 21.9 Å². The van der Waals surface area contributed by atoms with Crippen molar-refractivity contribution in [2.75, 3.05) is 32.7 Å². The summed E-state index contributed by atoms with van der Waals surface area (Å²) in [5.74, 6) is -3.57. The van der Waals surface area contributed by atoms with Crippen molar-refractivity contribution in [2.24, 2.45) is 0 Å². The molecule has 136 valence electrons. The van der Waals surface area contributed by atoms with E-state index in [-0.39, 0.29) is 47.9 Å². The average Bonchev–Trinajstić information content (AvgIpc) is 3.20. The molecule has 0 spiro atoms. The van der Waals surface area contributed by atoms with Crippen LogP contribution >= 0.6 is 11.3 Å². The maximum Gasteiger partial charge on any atom is 0.324 e. The van der Waals surface area contributed by atoms with Crippen LogP contribution in [0.15, 0.2) is 12.1 Å². The second-order valence-corrected chi connectivity index (χ2v) is 7.07. The zero-order chi connectivity index (χ0) is 18.2. The second-order valence-electron chi connectivity index (χ2n) is 6.01. The molecule has 0 aliphatic carbocycles. The predicted molar refractivity (Wildman–Crippen MR) is 84.8 cm³/mol. The molecule has 2 saturated heterocycles. The lowest BCUT2D eigenvalue weighted by Crippen LogP contribution is -2.54. The van der Waals surface area contributed by atoms with Gasteiger partial charge in [0.15, 0.2) is 0 Å². The normalized spacial score (nSPS) is 22.9. The summed E-state index contributed by atoms with van der Waals surface area (Å²) < 4.78 is 26.4. The average molecular weight is 374 g/mol. The number of nitrogens with zero attached hydrogens (tertiary/aromatic N) is 3. The quantitative estimate of drug-likeness (QED) is 0.627. The first kappa shape index (κ1) is 17.7. The lowest BCUT2D eigenvalue weighted by Gasteiger charge is -2.35. The van der Waals surface area contributed by atoms with E-state index < -0.39 is 29.9 Å². The Labute approximate surface area is 145 Å². The lowest BCUT2D eigenvalue weighted by molar-refractivity contribution is -0.380. The minimum Gasteiger partial charge on any atom is -0.338 e. The van der Waals surface area contributed by atoms with Gasteiger partial charge in [0.1, 0.15) is 0 Å². The Morgan fingerprint density at radius 1 is 1.24 bits per heavy atom. The number of halogens is 2. The van der Waals surface area contributed by atoms with Gasteiger partial charge in [-0.15, -0.1) is 0 Å². The highest BCUT2D eigenvalue weighted by atomic mass is 32.1. The van der Waals surface area contributed by atoms with Crippen LogP contribution < -0.4 is 5.32 Å². The molecule has 1 aromatic rings. The molecule has 3 heterocycles. The Morgan fingerprint density at radius 2 is 1.88 bits per heavy atom. The molecule has 2 fully saturated rings. The maximum atomic E-state index is 13.2. The zero-order valence-corrected chi connectivity index (χ0v) is 13.9. The zero-order valence-electron chi connectivity index (χ0n) is 13.1. The summed E-state index contributed by atoms with van der Waals surface area (Å²) >= 11 is 0.806. The fourth-order valence-corrected chi connectivity index (χ4v) is 3.73. The standard InChI is InChI=1S/C14H16F2N4O4S/c15-14(16)7-9(17-8-14)12(21)18-3-5-19(6-4-18)13(22)10-1-2-11(25-10)20(23)24/h1-2,9,17H,3-8H2. The van der Waals surface area contributed by atoms with Crippen LogP contribution in [0.3, 0.4) is 0 Å². The summed E-state index contributed by atoms with van der Waals surface area (Å²) in [6.45, 7) is 0.529. The Hall–Kier alpha value is -2.14. The van der Waals surface area contributed by atoms with Gasteiger partial charge in [-0.2, -0.15) is 0 Å². The highest BCUT2D eigenvalue weighted by Crippen LogP contribution is 2.27. The highest BCUT2D eigenvalue weighted by Gasteiger charge is 2.44. The van der Waals surface area contributed by atoms with E-state index in [0.29, 0.717) is 0 Å². The van der Waals surface area contributed by atoms with Crippen LogP contribution in [-0.2, 0) is 4.79 Å². The van der Waals surface area contributed by atoms with Gasteiger partial charge in [-0.25, -0.2) is 8.78 Å². The summed E-state index contributed by atoms with van der Waals surface area (Å²) in [5, 5.41) is 13.1. The van der Waals surface area contributed by atoms with Gasteiger partial charge in [-0.05, 0) is 6.07 Å². The number of alkyl halides is 2. The van der Waals surface area contributed by atoms with Crippen LogP contribution in [0.25, 0.3) is 0 Å². The largest absolute Gasteiger partial charge is 0.338 e. The molecule has 25 heavy (non-hydrogen) atoms. The van der Waals surface area contributed by atoms with Gasteiger partial charge >= 0.3 is 5.00 Å². The number of nitro groups is 1. The number of carbonyl (C=O) groups excluding carboxylic acids is 2. The molecular formula is C14H16F2N4O4S. The van der Waals surface area contributed by atoms with E-state index >= 15 is 0 Å². The number of amides is 2. The lowest BCUT2D eigenvalue weighted by atomic mass is 10.1. The van der Waals surface area contributed by atoms with Crippen molar-refractivity contribution in [3.05, 3.63) is 27.1 Å². The number of thiophene rings is 1. The molecule has 0 saturated carbocycles. The van der Waals surface area contributed by atoms with Crippen molar-refractivity contribution in [1.82, 2.24) is 15.1 Å². The maximum absolute atomic E-state index is 13.2. The van der Waals surface area contributed by atoms with E-state index in [0.717, 1.165) is 11.3 Å². The van der Waals surface area contributed by atoms with E-state index in [1.54, 1.807) is 0 Å². The Kier molecular flexibility index (Phi) is 4.69. The molecule has 2 aliphatic rings. The van der Waals surface area contributed by atoms with Crippen molar-refractivity contribution in [3.8, 4) is 0 Å². The summed E-state index contributed by atoms with van der Waals surface area (Å²) in [5.41, 5.74) is 0. The van der Waals surface area contributed by atoms with Gasteiger partial charge in [-0.1, -0.05) is 11.3 Å². The number of hydrogen-bond acceptors (Lipinski definition) is 6. The molecule has 1 atom stereocenters. The third-order valence-corrected chi connectivity index (χ3v) is 5.29. The first-order chi connectivity index (χ1) is 11.8. The third kappa shape index (κ3) is 3.76. The number of nitrogens with one attached hydrogen (secondary N) is 1. The van der Waals surface area contributed by atoms with Crippen LogP contribution in [0.5, 0.6) is 0 Å². The molecule has 0 aromatic carbocycles. The topological polar surface area (TPSA) is 95.8 Å². The van der Waals surface area contributed by atoms with Crippen molar-refractivity contribution < 1.29 is 23.3 Å². The molecule has 8 nitrogen and oxygen atoms in total. The monoisotopic (exact) mass is 374 g/mol. The first-order valence-electron chi connectivity index (χ1n) is 7.70. The Bertz CT molecular complexity index is 703. The fourth-order valence-electron chi connectivity index (χ4n) is 2.94. The van der Waals surface area contributed by atoms with Crippen molar-refractivity contribution >= 4 is 28.2 Å². The summed E-state index contributed by atoms with van der Waals surface area (Å²) in [4.78, 5) is 38.0. The van der Waals surface area contributed by atoms with E-state index in [9.17, 15) is 28.5 Å². The van der Waals surface area contributed by atoms with Crippen LogP contribution in [0.4, 0.5) is 13.8 Å². The smallest absolute Gasteiger partial charge is 0.324 e. The van der Waals surface area contributed by atoms with Gasteiger partial charge in [0.05, 0.1) is 22.4 Å². The van der Waals surface area contributed by atoms with Crippen LogP contribution in [0.2, 0.25) is 0 Å².